The summed E-state index contributed by atoms with van der Waals surface area (Å²) in [6.45, 7) is 5.11. The van der Waals surface area contributed by atoms with Crippen molar-refractivity contribution >= 4 is 55.1 Å². The van der Waals surface area contributed by atoms with Crippen LogP contribution in [-0.2, 0) is 32.6 Å². The first-order chi connectivity index (χ1) is 20.8. The minimum atomic E-state index is -4.22. The molecule has 0 saturated carbocycles. The van der Waals surface area contributed by atoms with Gasteiger partial charge in [-0.1, -0.05) is 100 Å². The lowest BCUT2D eigenvalue weighted by Crippen LogP contribution is -2.56. The van der Waals surface area contributed by atoms with Crippen LogP contribution in [0.1, 0.15) is 31.9 Å². The van der Waals surface area contributed by atoms with Gasteiger partial charge < -0.3 is 10.2 Å². The van der Waals surface area contributed by atoms with Gasteiger partial charge in [0.15, 0.2) is 0 Å². The fraction of sp³-hybridized carbons (Fsp3) is 0.235. The van der Waals surface area contributed by atoms with E-state index in [1.54, 1.807) is 42.5 Å². The van der Waals surface area contributed by atoms with Crippen LogP contribution in [0.3, 0.4) is 0 Å². The molecule has 230 valence electrons. The van der Waals surface area contributed by atoms with E-state index >= 15 is 0 Å². The number of halogens is 2. The molecule has 0 aliphatic carbocycles. The lowest BCUT2D eigenvalue weighted by molar-refractivity contribution is -0.140. The summed E-state index contributed by atoms with van der Waals surface area (Å²) in [4.78, 5) is 29.9. The van der Waals surface area contributed by atoms with Gasteiger partial charge in [0.25, 0.3) is 10.0 Å². The molecule has 4 rings (SSSR count). The molecular weight excluding hydrogens is 662 g/mol. The molecule has 10 heteroatoms. The van der Waals surface area contributed by atoms with Gasteiger partial charge in [-0.25, -0.2) is 8.42 Å². The van der Waals surface area contributed by atoms with Crippen molar-refractivity contribution in [3.63, 3.8) is 0 Å². The second kappa shape index (κ2) is 14.4. The van der Waals surface area contributed by atoms with Crippen LogP contribution in [-0.4, -0.2) is 43.3 Å². The fourth-order valence-electron chi connectivity index (χ4n) is 4.68. The second-order valence-electron chi connectivity index (χ2n) is 11.4. The molecule has 0 radical (unpaired) electrons. The maximum atomic E-state index is 14.5. The summed E-state index contributed by atoms with van der Waals surface area (Å²) >= 11 is 9.96. The van der Waals surface area contributed by atoms with Gasteiger partial charge in [-0.3, -0.25) is 13.9 Å². The van der Waals surface area contributed by atoms with Crippen molar-refractivity contribution in [3.8, 4) is 0 Å². The Morgan fingerprint density at radius 3 is 1.98 bits per heavy atom. The maximum absolute atomic E-state index is 14.5. The van der Waals surface area contributed by atoms with Crippen LogP contribution in [0.2, 0.25) is 5.02 Å². The Hall–Kier alpha value is -3.66. The first-order valence-corrected chi connectivity index (χ1v) is 16.7. The molecule has 0 saturated heterocycles. The highest BCUT2D eigenvalue weighted by molar-refractivity contribution is 9.10. The van der Waals surface area contributed by atoms with Crippen molar-refractivity contribution < 1.29 is 18.0 Å². The van der Waals surface area contributed by atoms with E-state index in [0.717, 1.165) is 19.9 Å². The molecule has 44 heavy (non-hydrogen) atoms. The number of benzene rings is 4. The summed E-state index contributed by atoms with van der Waals surface area (Å²) in [5.41, 5.74) is 1.22. The van der Waals surface area contributed by atoms with Crippen LogP contribution in [0.15, 0.2) is 119 Å². The lowest BCUT2D eigenvalue weighted by Gasteiger charge is -2.35. The summed E-state index contributed by atoms with van der Waals surface area (Å²) in [5, 5.41) is 3.20. The van der Waals surface area contributed by atoms with Gasteiger partial charge in [0.05, 0.1) is 15.6 Å². The average Bonchev–Trinajstić information content (AvgIpc) is 2.99. The lowest BCUT2D eigenvalue weighted by atomic mass is 10.0. The maximum Gasteiger partial charge on any atom is 0.264 e. The zero-order chi connectivity index (χ0) is 31.9. The fourth-order valence-corrected chi connectivity index (χ4v) is 6.69. The zero-order valence-electron chi connectivity index (χ0n) is 24.8. The number of carbonyl (C=O) groups excluding carboxylic acids is 2. The van der Waals surface area contributed by atoms with Gasteiger partial charge in [0.1, 0.15) is 12.6 Å². The van der Waals surface area contributed by atoms with E-state index in [-0.39, 0.29) is 34.5 Å². The zero-order valence-corrected chi connectivity index (χ0v) is 27.9. The first-order valence-electron chi connectivity index (χ1n) is 14.1. The summed E-state index contributed by atoms with van der Waals surface area (Å²) < 4.78 is 29.9. The van der Waals surface area contributed by atoms with Crippen LogP contribution in [0.5, 0.6) is 0 Å². The van der Waals surface area contributed by atoms with E-state index < -0.39 is 34.1 Å². The van der Waals surface area contributed by atoms with Crippen LogP contribution in [0.25, 0.3) is 0 Å². The SMILES string of the molecule is CC(C)(C)NC(=O)[C@H](Cc1ccccc1)N(Cc1ccc(Br)cc1)C(=O)CN(c1ccccc1Cl)S(=O)(=O)c1ccccc1. The monoisotopic (exact) mass is 695 g/mol. The van der Waals surface area contributed by atoms with E-state index in [1.165, 1.54) is 17.0 Å². The quantitative estimate of drug-likeness (QED) is 0.186. The molecule has 4 aromatic carbocycles. The Morgan fingerprint density at radius 2 is 1.39 bits per heavy atom. The van der Waals surface area contributed by atoms with Gasteiger partial charge in [0.2, 0.25) is 11.8 Å². The molecule has 1 atom stereocenters. The number of hydrogen-bond acceptors (Lipinski definition) is 4. The molecule has 0 aliphatic heterocycles. The molecule has 0 heterocycles. The molecule has 4 aromatic rings. The van der Waals surface area contributed by atoms with Crippen molar-refractivity contribution in [2.45, 2.75) is 50.2 Å². The van der Waals surface area contributed by atoms with E-state index in [9.17, 15) is 18.0 Å². The van der Waals surface area contributed by atoms with Crippen molar-refractivity contribution in [2.24, 2.45) is 0 Å². The highest BCUT2D eigenvalue weighted by Crippen LogP contribution is 2.31. The minimum Gasteiger partial charge on any atom is -0.350 e. The smallest absolute Gasteiger partial charge is 0.264 e. The Labute approximate surface area is 273 Å². The van der Waals surface area contributed by atoms with Gasteiger partial charge in [-0.15, -0.1) is 0 Å². The van der Waals surface area contributed by atoms with Crippen LogP contribution in [0.4, 0.5) is 5.69 Å². The number of nitrogens with zero attached hydrogens (tertiary/aromatic N) is 2. The van der Waals surface area contributed by atoms with Gasteiger partial charge in [0, 0.05) is 23.0 Å². The largest absolute Gasteiger partial charge is 0.350 e. The van der Waals surface area contributed by atoms with Crippen molar-refractivity contribution in [3.05, 3.63) is 130 Å². The minimum absolute atomic E-state index is 0.0125. The Balaban J connectivity index is 1.82. The number of carbonyl (C=O) groups is 2. The standard InChI is InChI=1S/C34H35BrClN3O4S/c1-34(2,3)37-33(41)31(22-25-12-6-4-7-13-25)38(23-26-18-20-27(35)21-19-26)32(40)24-39(30-17-11-10-16-29(30)36)44(42,43)28-14-8-5-9-15-28/h4-21,31H,22-24H2,1-3H3,(H,37,41)/t31-/m0/s1. The van der Waals surface area contributed by atoms with E-state index in [0.29, 0.717) is 0 Å². The molecule has 0 aromatic heterocycles. The van der Waals surface area contributed by atoms with E-state index in [4.69, 9.17) is 11.6 Å². The number of amides is 2. The van der Waals surface area contributed by atoms with E-state index in [1.807, 2.05) is 75.4 Å². The third kappa shape index (κ3) is 8.71. The van der Waals surface area contributed by atoms with Gasteiger partial charge >= 0.3 is 0 Å². The number of hydrogen-bond donors (Lipinski definition) is 1. The van der Waals surface area contributed by atoms with Crippen molar-refractivity contribution in [1.29, 1.82) is 0 Å². The number of sulfonamides is 1. The van der Waals surface area contributed by atoms with Gasteiger partial charge in [-0.05, 0) is 68.3 Å². The van der Waals surface area contributed by atoms with Crippen LogP contribution in [0, 0.1) is 0 Å². The van der Waals surface area contributed by atoms with Crippen LogP contribution >= 0.6 is 27.5 Å². The van der Waals surface area contributed by atoms with Gasteiger partial charge in [-0.2, -0.15) is 0 Å². The molecule has 0 bridgehead atoms. The Bertz CT molecular complexity index is 1680. The number of anilines is 1. The van der Waals surface area contributed by atoms with Crippen LogP contribution < -0.4 is 9.62 Å². The predicted octanol–water partition coefficient (Wildman–Crippen LogP) is 6.85. The Morgan fingerprint density at radius 1 is 0.818 bits per heavy atom. The highest BCUT2D eigenvalue weighted by atomic mass is 79.9. The van der Waals surface area contributed by atoms with Crippen molar-refractivity contribution in [2.75, 3.05) is 10.8 Å². The number of para-hydroxylation sites is 1. The molecule has 0 fully saturated rings. The predicted molar refractivity (Wildman–Crippen MR) is 179 cm³/mol. The molecule has 2 amide bonds. The molecule has 0 unspecified atom stereocenters. The summed E-state index contributed by atoms with van der Waals surface area (Å²) in [6, 6.07) is 30.3. The summed E-state index contributed by atoms with van der Waals surface area (Å²) in [6.07, 6.45) is 0.225. The summed E-state index contributed by atoms with van der Waals surface area (Å²) in [7, 11) is -4.22. The topological polar surface area (TPSA) is 86.8 Å². The highest BCUT2D eigenvalue weighted by Gasteiger charge is 2.36. The first kappa shape index (κ1) is 33.2. The number of rotatable bonds is 11. The summed E-state index contributed by atoms with van der Waals surface area (Å²) in [5.74, 6) is -0.903. The molecule has 1 N–H and O–H groups in total. The molecular formula is C34H35BrClN3O4S. The normalized spacial score (nSPS) is 12.3. The molecule has 7 nitrogen and oxygen atoms in total. The van der Waals surface area contributed by atoms with E-state index in [2.05, 4.69) is 21.2 Å². The Kier molecular flexibility index (Phi) is 10.9. The molecule has 0 aliphatic rings. The third-order valence-corrected chi connectivity index (χ3v) is 9.39. The number of nitrogens with one attached hydrogen (secondary N) is 1. The third-order valence-electron chi connectivity index (χ3n) is 6.77. The molecule has 0 spiro atoms. The second-order valence-corrected chi connectivity index (χ2v) is 14.6. The van der Waals surface area contributed by atoms with Crippen molar-refractivity contribution in [1.82, 2.24) is 10.2 Å². The average molecular weight is 697 g/mol.